The maximum atomic E-state index is 4.94. The molecule has 2 aromatic heterocycles. The molecule has 2 saturated heterocycles. The quantitative estimate of drug-likeness (QED) is 0.608. The minimum atomic E-state index is 0.673. The van der Waals surface area contributed by atoms with Crippen molar-refractivity contribution < 1.29 is 0 Å². The molecule has 7 heteroatoms. The van der Waals surface area contributed by atoms with Gasteiger partial charge in [-0.3, -0.25) is 0 Å². The van der Waals surface area contributed by atoms with Crippen molar-refractivity contribution >= 4 is 17.6 Å². The topological polar surface area (TPSA) is 59.9 Å². The number of aliphatic imine (C=N–C) groups is 1. The molecule has 1 N–H and O–H groups in total. The Morgan fingerprint density at radius 3 is 2.40 bits per heavy atom. The highest BCUT2D eigenvalue weighted by Gasteiger charge is 2.20. The number of piperidine rings is 1. The third-order valence-electron chi connectivity index (χ3n) is 5.79. The average Bonchev–Trinajstić information content (AvgIpc) is 2.83. The number of nitrogens with one attached hydrogen (secondary N) is 1. The van der Waals surface area contributed by atoms with E-state index in [4.69, 9.17) is 4.99 Å². The van der Waals surface area contributed by atoms with Crippen LogP contribution in [0.1, 0.15) is 31.7 Å². The Balaban J connectivity index is 1.38. The lowest BCUT2D eigenvalue weighted by Gasteiger charge is -2.37. The number of pyridine rings is 2. The van der Waals surface area contributed by atoms with Gasteiger partial charge in [-0.1, -0.05) is 6.07 Å². The number of piperazine rings is 1. The van der Waals surface area contributed by atoms with Gasteiger partial charge in [0, 0.05) is 58.2 Å². The van der Waals surface area contributed by atoms with E-state index in [0.29, 0.717) is 6.54 Å². The van der Waals surface area contributed by atoms with Gasteiger partial charge in [0.25, 0.3) is 0 Å². The van der Waals surface area contributed by atoms with Crippen molar-refractivity contribution in [3.63, 3.8) is 0 Å². The molecule has 0 spiro atoms. The van der Waals surface area contributed by atoms with Crippen LogP contribution in [0.5, 0.6) is 0 Å². The maximum Gasteiger partial charge on any atom is 0.194 e. The number of hydrogen-bond acceptors (Lipinski definition) is 5. The minimum Gasteiger partial charge on any atom is -0.357 e. The van der Waals surface area contributed by atoms with E-state index < -0.39 is 0 Å². The van der Waals surface area contributed by atoms with E-state index in [1.54, 1.807) is 0 Å². The highest BCUT2D eigenvalue weighted by Crippen LogP contribution is 2.19. The molecule has 0 saturated carbocycles. The Bertz CT molecular complexity index is 809. The summed E-state index contributed by atoms with van der Waals surface area (Å²) >= 11 is 0. The molecule has 0 atom stereocenters. The Hall–Kier alpha value is -2.83. The molecule has 2 aromatic rings. The fraction of sp³-hybridized carbons (Fsp3) is 0.522. The van der Waals surface area contributed by atoms with Crippen molar-refractivity contribution in [3.05, 3.63) is 48.3 Å². The minimum absolute atomic E-state index is 0.673. The third kappa shape index (κ3) is 5.20. The summed E-state index contributed by atoms with van der Waals surface area (Å²) in [5.41, 5.74) is 1.22. The van der Waals surface area contributed by atoms with Crippen LogP contribution in [0.25, 0.3) is 0 Å². The standard InChI is InChI=1S/C23H33N7/c1-2-24-23(30-16-14-29(15-17-30)21-8-4-5-10-25-21)27-19-20-9-11-26-22(18-20)28-12-6-3-7-13-28/h4-5,8-11,18H,2-3,6-7,12-17,19H2,1H3,(H,24,27). The van der Waals surface area contributed by atoms with E-state index in [2.05, 4.69) is 55.1 Å². The number of aromatic nitrogens is 2. The van der Waals surface area contributed by atoms with Crippen LogP contribution in [0.3, 0.4) is 0 Å². The van der Waals surface area contributed by atoms with Crippen LogP contribution >= 0.6 is 0 Å². The van der Waals surface area contributed by atoms with Gasteiger partial charge in [-0.05, 0) is 56.0 Å². The second kappa shape index (κ2) is 10.3. The molecular weight excluding hydrogens is 374 g/mol. The van der Waals surface area contributed by atoms with Gasteiger partial charge in [-0.15, -0.1) is 0 Å². The fourth-order valence-electron chi connectivity index (χ4n) is 4.14. The Kier molecular flexibility index (Phi) is 7.00. The van der Waals surface area contributed by atoms with Crippen LogP contribution in [0.15, 0.2) is 47.7 Å². The summed E-state index contributed by atoms with van der Waals surface area (Å²) in [6.45, 7) is 9.69. The summed E-state index contributed by atoms with van der Waals surface area (Å²) in [6.07, 6.45) is 7.64. The largest absolute Gasteiger partial charge is 0.357 e. The van der Waals surface area contributed by atoms with E-state index in [9.17, 15) is 0 Å². The molecule has 0 aromatic carbocycles. The predicted octanol–water partition coefficient (Wildman–Crippen LogP) is 2.75. The van der Waals surface area contributed by atoms with Gasteiger partial charge < -0.3 is 20.0 Å². The second-order valence-electron chi connectivity index (χ2n) is 7.90. The Morgan fingerprint density at radius 2 is 1.67 bits per heavy atom. The lowest BCUT2D eigenvalue weighted by Crippen LogP contribution is -2.52. The zero-order valence-electron chi connectivity index (χ0n) is 18.0. The van der Waals surface area contributed by atoms with E-state index in [-0.39, 0.29) is 0 Å². The molecule has 2 aliphatic heterocycles. The molecule has 0 amide bonds. The first kappa shape index (κ1) is 20.4. The average molecular weight is 408 g/mol. The number of hydrogen-bond donors (Lipinski definition) is 1. The van der Waals surface area contributed by atoms with Crippen LogP contribution in [0.4, 0.5) is 11.6 Å². The molecule has 0 radical (unpaired) electrons. The second-order valence-corrected chi connectivity index (χ2v) is 7.90. The number of rotatable bonds is 5. The molecule has 0 aliphatic carbocycles. The molecule has 0 bridgehead atoms. The molecule has 4 rings (SSSR count). The number of anilines is 2. The molecule has 30 heavy (non-hydrogen) atoms. The SMILES string of the molecule is CCNC(=NCc1ccnc(N2CCCCC2)c1)N1CCN(c2ccccn2)CC1. The van der Waals surface area contributed by atoms with Gasteiger partial charge >= 0.3 is 0 Å². The lowest BCUT2D eigenvalue weighted by atomic mass is 10.1. The van der Waals surface area contributed by atoms with Crippen molar-refractivity contribution in [2.24, 2.45) is 4.99 Å². The molecule has 2 fully saturated rings. The first-order valence-corrected chi connectivity index (χ1v) is 11.2. The summed E-state index contributed by atoms with van der Waals surface area (Å²) < 4.78 is 0. The predicted molar refractivity (Wildman–Crippen MR) is 123 cm³/mol. The van der Waals surface area contributed by atoms with Gasteiger partial charge in [0.05, 0.1) is 6.54 Å². The van der Waals surface area contributed by atoms with Crippen molar-refractivity contribution in [3.8, 4) is 0 Å². The van der Waals surface area contributed by atoms with Crippen LogP contribution in [-0.4, -0.2) is 66.6 Å². The zero-order valence-corrected chi connectivity index (χ0v) is 18.0. The van der Waals surface area contributed by atoms with E-state index in [1.165, 1.54) is 24.8 Å². The van der Waals surface area contributed by atoms with Crippen LogP contribution in [0.2, 0.25) is 0 Å². The number of nitrogens with zero attached hydrogens (tertiary/aromatic N) is 6. The van der Waals surface area contributed by atoms with Crippen molar-refractivity contribution in [1.29, 1.82) is 0 Å². The Labute approximate surface area is 179 Å². The van der Waals surface area contributed by atoms with Gasteiger partial charge in [0.2, 0.25) is 0 Å². The van der Waals surface area contributed by atoms with Crippen molar-refractivity contribution in [2.75, 3.05) is 55.6 Å². The smallest absolute Gasteiger partial charge is 0.194 e. The normalized spacial score (nSPS) is 17.9. The first-order valence-electron chi connectivity index (χ1n) is 11.2. The highest BCUT2D eigenvalue weighted by molar-refractivity contribution is 5.80. The fourth-order valence-corrected chi connectivity index (χ4v) is 4.14. The Morgan fingerprint density at radius 1 is 0.900 bits per heavy atom. The van der Waals surface area contributed by atoms with E-state index in [0.717, 1.165) is 63.4 Å². The first-order chi connectivity index (χ1) is 14.8. The van der Waals surface area contributed by atoms with E-state index in [1.807, 2.05) is 24.5 Å². The summed E-state index contributed by atoms with van der Waals surface area (Å²) in [7, 11) is 0. The van der Waals surface area contributed by atoms with Crippen LogP contribution < -0.4 is 15.1 Å². The summed E-state index contributed by atoms with van der Waals surface area (Å²) in [4.78, 5) is 21.1. The van der Waals surface area contributed by atoms with Crippen molar-refractivity contribution in [2.45, 2.75) is 32.7 Å². The highest BCUT2D eigenvalue weighted by atomic mass is 15.4. The summed E-state index contributed by atoms with van der Waals surface area (Å²) in [5.74, 6) is 3.15. The number of guanidine groups is 1. The van der Waals surface area contributed by atoms with Gasteiger partial charge in [-0.2, -0.15) is 0 Å². The van der Waals surface area contributed by atoms with Crippen LogP contribution in [0, 0.1) is 0 Å². The van der Waals surface area contributed by atoms with E-state index >= 15 is 0 Å². The summed E-state index contributed by atoms with van der Waals surface area (Å²) in [5, 5.41) is 3.47. The zero-order chi connectivity index (χ0) is 20.6. The molecule has 0 unspecified atom stereocenters. The van der Waals surface area contributed by atoms with Gasteiger partial charge in [0.1, 0.15) is 11.6 Å². The third-order valence-corrected chi connectivity index (χ3v) is 5.79. The van der Waals surface area contributed by atoms with Crippen LogP contribution in [-0.2, 0) is 6.54 Å². The summed E-state index contributed by atoms with van der Waals surface area (Å²) in [6, 6.07) is 10.4. The van der Waals surface area contributed by atoms with Gasteiger partial charge in [0.15, 0.2) is 5.96 Å². The lowest BCUT2D eigenvalue weighted by molar-refractivity contribution is 0.371. The van der Waals surface area contributed by atoms with Gasteiger partial charge in [-0.25, -0.2) is 15.0 Å². The molecule has 2 aliphatic rings. The molecular formula is C23H33N7. The molecule has 160 valence electrons. The monoisotopic (exact) mass is 407 g/mol. The molecule has 7 nitrogen and oxygen atoms in total. The van der Waals surface area contributed by atoms with Crippen molar-refractivity contribution in [1.82, 2.24) is 20.2 Å². The maximum absolute atomic E-state index is 4.94. The molecule has 4 heterocycles.